The van der Waals surface area contributed by atoms with Crippen molar-refractivity contribution in [2.45, 2.75) is 19.8 Å². The number of hydrogen-bond acceptors (Lipinski definition) is 7. The van der Waals surface area contributed by atoms with Gasteiger partial charge in [0.15, 0.2) is 5.82 Å². The first kappa shape index (κ1) is 23.8. The molecule has 4 N–H and O–H groups in total. The lowest BCUT2D eigenvalue weighted by Gasteiger charge is -2.21. The van der Waals surface area contributed by atoms with E-state index in [4.69, 9.17) is 17.3 Å². The van der Waals surface area contributed by atoms with Crippen LogP contribution in [0.4, 0.5) is 21.6 Å². The van der Waals surface area contributed by atoms with E-state index in [1.165, 1.54) is 18.2 Å². The summed E-state index contributed by atoms with van der Waals surface area (Å²) in [6.07, 6.45) is 3.71. The Morgan fingerprint density at radius 1 is 1.09 bits per heavy atom. The summed E-state index contributed by atoms with van der Waals surface area (Å²) in [6.45, 7) is 6.14. The summed E-state index contributed by atoms with van der Waals surface area (Å²) in [7, 11) is 1.96. The first-order valence-electron chi connectivity index (χ1n) is 10.7. The van der Waals surface area contributed by atoms with Gasteiger partial charge < -0.3 is 21.3 Å². The minimum atomic E-state index is -0.430. The SMILES string of the molecule is CCCN(CCNC)CCc1cc(Nc2cc(-c3cc(Cl)ccc3F)nnc2N)ccn1. The molecule has 0 radical (unpaired) electrons. The number of nitrogens with two attached hydrogens (primary N) is 1. The third kappa shape index (κ3) is 6.59. The summed E-state index contributed by atoms with van der Waals surface area (Å²) < 4.78 is 14.3. The topological polar surface area (TPSA) is 92.0 Å². The van der Waals surface area contributed by atoms with Crippen molar-refractivity contribution >= 4 is 28.8 Å². The molecule has 0 aliphatic rings. The molecule has 0 amide bonds. The van der Waals surface area contributed by atoms with E-state index >= 15 is 0 Å². The van der Waals surface area contributed by atoms with Gasteiger partial charge in [0.2, 0.25) is 0 Å². The fraction of sp³-hybridized carbons (Fsp3) is 0.348. The molecule has 0 saturated heterocycles. The molecule has 0 unspecified atom stereocenters. The minimum Gasteiger partial charge on any atom is -0.380 e. The lowest BCUT2D eigenvalue weighted by Crippen LogP contribution is -2.33. The molecule has 0 bridgehead atoms. The molecule has 7 nitrogen and oxygen atoms in total. The number of nitrogen functional groups attached to an aromatic ring is 1. The zero-order valence-electron chi connectivity index (χ0n) is 18.4. The highest BCUT2D eigenvalue weighted by atomic mass is 35.5. The number of anilines is 3. The van der Waals surface area contributed by atoms with Crippen LogP contribution in [0, 0.1) is 5.82 Å². The Kier molecular flexibility index (Phi) is 8.72. The van der Waals surface area contributed by atoms with E-state index in [-0.39, 0.29) is 11.4 Å². The van der Waals surface area contributed by atoms with E-state index in [1.807, 2.05) is 19.2 Å². The van der Waals surface area contributed by atoms with Crippen molar-refractivity contribution in [1.29, 1.82) is 0 Å². The van der Waals surface area contributed by atoms with E-state index < -0.39 is 5.82 Å². The van der Waals surface area contributed by atoms with E-state index in [9.17, 15) is 4.39 Å². The second kappa shape index (κ2) is 11.7. The molecule has 2 aromatic heterocycles. The number of likely N-dealkylation sites (N-methyl/N-ethyl adjacent to an activating group) is 1. The molecule has 0 fully saturated rings. The second-order valence-electron chi connectivity index (χ2n) is 7.51. The second-order valence-corrected chi connectivity index (χ2v) is 7.95. The van der Waals surface area contributed by atoms with Gasteiger partial charge in [-0.3, -0.25) is 4.98 Å². The maximum atomic E-state index is 14.3. The number of aromatic nitrogens is 3. The highest BCUT2D eigenvalue weighted by Gasteiger charge is 2.12. The predicted molar refractivity (Wildman–Crippen MR) is 129 cm³/mol. The third-order valence-corrected chi connectivity index (χ3v) is 5.26. The molecule has 2 heterocycles. The van der Waals surface area contributed by atoms with Gasteiger partial charge in [0.05, 0.1) is 11.4 Å². The molecule has 3 aromatic rings. The Balaban J connectivity index is 1.74. The summed E-state index contributed by atoms with van der Waals surface area (Å²) in [5.41, 5.74) is 8.96. The van der Waals surface area contributed by atoms with Gasteiger partial charge in [0.1, 0.15) is 5.82 Å². The molecule has 0 aliphatic carbocycles. The number of hydrogen-bond donors (Lipinski definition) is 3. The Labute approximate surface area is 193 Å². The summed E-state index contributed by atoms with van der Waals surface area (Å²) in [6, 6.07) is 9.81. The summed E-state index contributed by atoms with van der Waals surface area (Å²) >= 11 is 6.02. The lowest BCUT2D eigenvalue weighted by atomic mass is 10.1. The van der Waals surface area contributed by atoms with Gasteiger partial charge in [-0.1, -0.05) is 18.5 Å². The smallest absolute Gasteiger partial charge is 0.169 e. The van der Waals surface area contributed by atoms with Gasteiger partial charge in [0.25, 0.3) is 0 Å². The van der Waals surface area contributed by atoms with Crippen molar-refractivity contribution in [3.05, 3.63) is 59.1 Å². The number of halogens is 2. The van der Waals surface area contributed by atoms with Gasteiger partial charge in [0, 0.05) is 54.2 Å². The molecule has 0 atom stereocenters. The van der Waals surface area contributed by atoms with Crippen LogP contribution in [0.2, 0.25) is 5.02 Å². The third-order valence-electron chi connectivity index (χ3n) is 5.02. The lowest BCUT2D eigenvalue weighted by molar-refractivity contribution is 0.278. The fourth-order valence-corrected chi connectivity index (χ4v) is 3.54. The van der Waals surface area contributed by atoms with Crippen molar-refractivity contribution < 1.29 is 4.39 Å². The van der Waals surface area contributed by atoms with Crippen LogP contribution in [0.15, 0.2) is 42.6 Å². The molecule has 3 rings (SSSR count). The number of nitrogens with one attached hydrogen (secondary N) is 2. The Morgan fingerprint density at radius 2 is 1.94 bits per heavy atom. The van der Waals surface area contributed by atoms with Gasteiger partial charge in [-0.05, 0) is 56.4 Å². The van der Waals surface area contributed by atoms with Crippen LogP contribution < -0.4 is 16.4 Å². The van der Waals surface area contributed by atoms with E-state index in [0.29, 0.717) is 16.4 Å². The zero-order chi connectivity index (χ0) is 22.9. The van der Waals surface area contributed by atoms with Crippen LogP contribution in [-0.4, -0.2) is 53.3 Å². The van der Waals surface area contributed by atoms with Crippen molar-refractivity contribution in [2.24, 2.45) is 0 Å². The molecule has 0 spiro atoms. The Hall–Kier alpha value is -2.81. The molecule has 9 heteroatoms. The first-order chi connectivity index (χ1) is 15.5. The Bertz CT molecular complexity index is 1030. The molecule has 170 valence electrons. The maximum Gasteiger partial charge on any atom is 0.169 e. The largest absolute Gasteiger partial charge is 0.380 e. The standard InChI is InChI=1S/C23H29ClFN7/c1-3-10-32(12-9-27-2)11-7-17-14-18(6-8-28-17)29-22-15-21(30-31-23(22)26)19-13-16(24)4-5-20(19)25/h4-6,8,13-15,27H,3,7,9-12H2,1-2H3,(H2,26,31)(H,28,29,30). The zero-order valence-corrected chi connectivity index (χ0v) is 19.2. The average Bonchev–Trinajstić information content (AvgIpc) is 2.79. The number of benzene rings is 1. The molecular weight excluding hydrogens is 429 g/mol. The monoisotopic (exact) mass is 457 g/mol. The molecule has 0 saturated carbocycles. The minimum absolute atomic E-state index is 0.218. The Morgan fingerprint density at radius 3 is 2.72 bits per heavy atom. The van der Waals surface area contributed by atoms with Crippen LogP contribution in [0.5, 0.6) is 0 Å². The van der Waals surface area contributed by atoms with Gasteiger partial charge in [-0.25, -0.2) is 4.39 Å². The van der Waals surface area contributed by atoms with Crippen LogP contribution in [0.3, 0.4) is 0 Å². The molecule has 0 aliphatic heterocycles. The first-order valence-corrected chi connectivity index (χ1v) is 11.1. The van der Waals surface area contributed by atoms with Crippen molar-refractivity contribution in [1.82, 2.24) is 25.4 Å². The van der Waals surface area contributed by atoms with Gasteiger partial charge >= 0.3 is 0 Å². The number of rotatable bonds is 11. The highest BCUT2D eigenvalue weighted by Crippen LogP contribution is 2.29. The quantitative estimate of drug-likeness (QED) is 0.398. The summed E-state index contributed by atoms with van der Waals surface area (Å²) in [4.78, 5) is 6.92. The van der Waals surface area contributed by atoms with E-state index in [1.54, 1.807) is 12.3 Å². The fourth-order valence-electron chi connectivity index (χ4n) is 3.37. The van der Waals surface area contributed by atoms with E-state index in [2.05, 4.69) is 37.6 Å². The normalized spacial score (nSPS) is 11.2. The number of pyridine rings is 1. The summed E-state index contributed by atoms with van der Waals surface area (Å²) in [5, 5.41) is 14.9. The molecule has 1 aromatic carbocycles. The van der Waals surface area contributed by atoms with Crippen LogP contribution in [-0.2, 0) is 6.42 Å². The van der Waals surface area contributed by atoms with Crippen molar-refractivity contribution in [3.63, 3.8) is 0 Å². The van der Waals surface area contributed by atoms with Crippen LogP contribution >= 0.6 is 11.6 Å². The van der Waals surface area contributed by atoms with Crippen molar-refractivity contribution in [3.8, 4) is 11.3 Å². The maximum absolute atomic E-state index is 14.3. The highest BCUT2D eigenvalue weighted by molar-refractivity contribution is 6.30. The molecule has 32 heavy (non-hydrogen) atoms. The van der Waals surface area contributed by atoms with Crippen LogP contribution in [0.1, 0.15) is 19.0 Å². The van der Waals surface area contributed by atoms with E-state index in [0.717, 1.165) is 50.4 Å². The molecular formula is C23H29ClFN7. The van der Waals surface area contributed by atoms with Crippen LogP contribution in [0.25, 0.3) is 11.3 Å². The predicted octanol–water partition coefficient (Wildman–Crippen LogP) is 4.13. The van der Waals surface area contributed by atoms with Crippen molar-refractivity contribution in [2.75, 3.05) is 44.3 Å². The van der Waals surface area contributed by atoms with Gasteiger partial charge in [-0.2, -0.15) is 0 Å². The number of nitrogens with zero attached hydrogens (tertiary/aromatic N) is 4. The van der Waals surface area contributed by atoms with Gasteiger partial charge in [-0.15, -0.1) is 10.2 Å². The average molecular weight is 458 g/mol. The summed E-state index contributed by atoms with van der Waals surface area (Å²) in [5.74, 6) is -0.212.